The first-order chi connectivity index (χ1) is 12.5. The van der Waals surface area contributed by atoms with Gasteiger partial charge in [-0.2, -0.15) is 0 Å². The Morgan fingerprint density at radius 1 is 1.12 bits per heavy atom. The van der Waals surface area contributed by atoms with Gasteiger partial charge in [-0.1, -0.05) is 6.07 Å². The molecule has 140 valence electrons. The number of aryl methyl sites for hydroxylation is 1. The Labute approximate surface area is 154 Å². The van der Waals surface area contributed by atoms with E-state index in [1.165, 1.54) is 0 Å². The van der Waals surface area contributed by atoms with Crippen molar-refractivity contribution in [2.45, 2.75) is 45.7 Å². The van der Waals surface area contributed by atoms with Crippen LogP contribution in [0.15, 0.2) is 18.2 Å². The molecule has 7 heteroatoms. The first kappa shape index (κ1) is 18.4. The van der Waals surface area contributed by atoms with Crippen LogP contribution in [0, 0.1) is 6.92 Å². The Morgan fingerprint density at radius 2 is 1.88 bits per heavy atom. The number of aromatic nitrogens is 1. The van der Waals surface area contributed by atoms with Crippen LogP contribution in [0.2, 0.25) is 0 Å². The van der Waals surface area contributed by atoms with E-state index >= 15 is 0 Å². The van der Waals surface area contributed by atoms with E-state index in [4.69, 9.17) is 0 Å². The van der Waals surface area contributed by atoms with Crippen molar-refractivity contribution in [1.82, 2.24) is 19.7 Å². The molecule has 0 radical (unpaired) electrons. The molecule has 1 atom stereocenters. The van der Waals surface area contributed by atoms with Gasteiger partial charge in [0, 0.05) is 31.7 Å². The van der Waals surface area contributed by atoms with Crippen LogP contribution in [0.4, 0.5) is 0 Å². The highest BCUT2D eigenvalue weighted by molar-refractivity contribution is 5.94. The van der Waals surface area contributed by atoms with Gasteiger partial charge in [0.2, 0.25) is 17.7 Å². The number of likely N-dealkylation sites (tertiary alicyclic amines) is 1. The lowest BCUT2D eigenvalue weighted by Gasteiger charge is -2.38. The minimum absolute atomic E-state index is 0.0370. The molecule has 0 saturated carbocycles. The van der Waals surface area contributed by atoms with Crippen molar-refractivity contribution in [3.05, 3.63) is 29.6 Å². The maximum Gasteiger partial charge on any atom is 0.245 e. The molecule has 3 amide bonds. The standard InChI is InChI=1S/C19H26N4O3/c1-14-6-3-7-16(20-14)12-23-15(2)19(26)22(13-18(23)25)11-5-10-21-9-4-8-17(21)24/h3,6-7,15H,4-5,8-13H2,1-2H3/t15-/m0/s1. The van der Waals surface area contributed by atoms with Crippen LogP contribution >= 0.6 is 0 Å². The highest BCUT2D eigenvalue weighted by atomic mass is 16.2. The lowest BCUT2D eigenvalue weighted by atomic mass is 10.1. The van der Waals surface area contributed by atoms with Gasteiger partial charge in [-0.3, -0.25) is 19.4 Å². The van der Waals surface area contributed by atoms with Crippen molar-refractivity contribution in [2.24, 2.45) is 0 Å². The van der Waals surface area contributed by atoms with E-state index in [0.717, 1.165) is 24.4 Å². The minimum atomic E-state index is -0.494. The molecule has 3 rings (SSSR count). The normalized spacial score (nSPS) is 21.1. The van der Waals surface area contributed by atoms with Crippen molar-refractivity contribution in [1.29, 1.82) is 0 Å². The molecule has 1 aromatic rings. The molecule has 3 heterocycles. The highest BCUT2D eigenvalue weighted by Gasteiger charge is 2.36. The van der Waals surface area contributed by atoms with Crippen molar-refractivity contribution >= 4 is 17.7 Å². The summed E-state index contributed by atoms with van der Waals surface area (Å²) >= 11 is 0. The first-order valence-electron chi connectivity index (χ1n) is 9.24. The van der Waals surface area contributed by atoms with Crippen LogP contribution in [0.1, 0.15) is 37.6 Å². The van der Waals surface area contributed by atoms with E-state index in [1.807, 2.05) is 30.0 Å². The quantitative estimate of drug-likeness (QED) is 0.759. The summed E-state index contributed by atoms with van der Waals surface area (Å²) < 4.78 is 0. The third kappa shape index (κ3) is 4.03. The molecule has 2 fully saturated rings. The van der Waals surface area contributed by atoms with Crippen LogP contribution in [0.25, 0.3) is 0 Å². The van der Waals surface area contributed by atoms with Crippen LogP contribution in [-0.2, 0) is 20.9 Å². The molecule has 0 bridgehead atoms. The zero-order valence-corrected chi connectivity index (χ0v) is 15.5. The van der Waals surface area contributed by atoms with Gasteiger partial charge in [0.05, 0.1) is 18.8 Å². The summed E-state index contributed by atoms with van der Waals surface area (Å²) in [5, 5.41) is 0. The summed E-state index contributed by atoms with van der Waals surface area (Å²) in [5.74, 6) is 0.0962. The summed E-state index contributed by atoms with van der Waals surface area (Å²) in [6.45, 7) is 6.10. The average Bonchev–Trinajstić information content (AvgIpc) is 3.01. The Morgan fingerprint density at radius 3 is 2.58 bits per heavy atom. The van der Waals surface area contributed by atoms with Crippen LogP contribution in [-0.4, -0.2) is 69.6 Å². The van der Waals surface area contributed by atoms with Gasteiger partial charge < -0.3 is 14.7 Å². The Balaban J connectivity index is 1.55. The average molecular weight is 358 g/mol. The molecule has 2 aliphatic rings. The number of pyridine rings is 1. The zero-order chi connectivity index (χ0) is 18.7. The van der Waals surface area contributed by atoms with Crippen molar-refractivity contribution in [2.75, 3.05) is 26.2 Å². The molecule has 0 N–H and O–H groups in total. The van der Waals surface area contributed by atoms with Crippen LogP contribution in [0.3, 0.4) is 0 Å². The van der Waals surface area contributed by atoms with E-state index in [0.29, 0.717) is 32.5 Å². The number of amides is 3. The number of rotatable bonds is 6. The maximum atomic E-state index is 12.7. The van der Waals surface area contributed by atoms with E-state index in [-0.39, 0.29) is 24.3 Å². The molecule has 2 aliphatic heterocycles. The molecule has 7 nitrogen and oxygen atoms in total. The second-order valence-corrected chi connectivity index (χ2v) is 7.07. The monoisotopic (exact) mass is 358 g/mol. The highest BCUT2D eigenvalue weighted by Crippen LogP contribution is 2.17. The molecular formula is C19H26N4O3. The van der Waals surface area contributed by atoms with Gasteiger partial charge in [-0.05, 0) is 38.8 Å². The lowest BCUT2D eigenvalue weighted by Crippen LogP contribution is -2.58. The molecule has 1 aromatic heterocycles. The minimum Gasteiger partial charge on any atom is -0.343 e. The van der Waals surface area contributed by atoms with Gasteiger partial charge in [0.25, 0.3) is 0 Å². The fourth-order valence-corrected chi connectivity index (χ4v) is 3.61. The molecule has 26 heavy (non-hydrogen) atoms. The number of hydrogen-bond donors (Lipinski definition) is 0. The molecule has 0 unspecified atom stereocenters. The van der Waals surface area contributed by atoms with Gasteiger partial charge in [0.15, 0.2) is 0 Å². The molecule has 0 spiro atoms. The van der Waals surface area contributed by atoms with Crippen molar-refractivity contribution in [3.8, 4) is 0 Å². The van der Waals surface area contributed by atoms with Gasteiger partial charge >= 0.3 is 0 Å². The summed E-state index contributed by atoms with van der Waals surface area (Å²) in [4.78, 5) is 46.4. The molecule has 2 saturated heterocycles. The van der Waals surface area contributed by atoms with E-state index < -0.39 is 6.04 Å². The Bertz CT molecular complexity index is 706. The summed E-state index contributed by atoms with van der Waals surface area (Å²) in [6, 6.07) is 5.19. The van der Waals surface area contributed by atoms with Gasteiger partial charge in [0.1, 0.15) is 6.04 Å². The number of piperazine rings is 1. The smallest absolute Gasteiger partial charge is 0.245 e. The summed E-state index contributed by atoms with van der Waals surface area (Å²) in [5.41, 5.74) is 1.68. The van der Waals surface area contributed by atoms with Gasteiger partial charge in [-0.15, -0.1) is 0 Å². The predicted molar refractivity (Wildman–Crippen MR) is 96.0 cm³/mol. The summed E-state index contributed by atoms with van der Waals surface area (Å²) in [6.07, 6.45) is 2.25. The Hall–Kier alpha value is -2.44. The van der Waals surface area contributed by atoms with E-state index in [9.17, 15) is 14.4 Å². The number of carbonyl (C=O) groups excluding carboxylic acids is 3. The van der Waals surface area contributed by atoms with Gasteiger partial charge in [-0.25, -0.2) is 0 Å². The van der Waals surface area contributed by atoms with Crippen molar-refractivity contribution in [3.63, 3.8) is 0 Å². The molecular weight excluding hydrogens is 332 g/mol. The lowest BCUT2D eigenvalue weighted by molar-refractivity contribution is -0.155. The SMILES string of the molecule is Cc1cccc(CN2C(=O)CN(CCCN3CCCC3=O)C(=O)[C@@H]2C)n1. The third-order valence-corrected chi connectivity index (χ3v) is 5.09. The third-order valence-electron chi connectivity index (χ3n) is 5.09. The predicted octanol–water partition coefficient (Wildman–Crippen LogP) is 0.962. The second kappa shape index (κ2) is 7.85. The topological polar surface area (TPSA) is 73.8 Å². The Kier molecular flexibility index (Phi) is 5.54. The molecule has 0 aromatic carbocycles. The molecule has 0 aliphatic carbocycles. The van der Waals surface area contributed by atoms with Crippen LogP contribution < -0.4 is 0 Å². The van der Waals surface area contributed by atoms with Crippen LogP contribution in [0.5, 0.6) is 0 Å². The zero-order valence-electron chi connectivity index (χ0n) is 15.5. The largest absolute Gasteiger partial charge is 0.343 e. The number of carbonyl (C=O) groups is 3. The second-order valence-electron chi connectivity index (χ2n) is 7.07. The maximum absolute atomic E-state index is 12.7. The van der Waals surface area contributed by atoms with E-state index in [2.05, 4.69) is 4.98 Å². The first-order valence-corrected chi connectivity index (χ1v) is 9.24. The number of nitrogens with zero attached hydrogens (tertiary/aromatic N) is 4. The summed E-state index contributed by atoms with van der Waals surface area (Å²) in [7, 11) is 0. The fraction of sp³-hybridized carbons (Fsp3) is 0.579. The van der Waals surface area contributed by atoms with E-state index in [1.54, 1.807) is 16.7 Å². The number of hydrogen-bond acceptors (Lipinski definition) is 4. The fourth-order valence-electron chi connectivity index (χ4n) is 3.61. The van der Waals surface area contributed by atoms with Crippen molar-refractivity contribution < 1.29 is 14.4 Å².